The zero-order chi connectivity index (χ0) is 24.0. The summed E-state index contributed by atoms with van der Waals surface area (Å²) in [4.78, 5) is 0. The average molecular weight is 449 g/mol. The van der Waals surface area contributed by atoms with Gasteiger partial charge in [-0.05, 0) is 76.9 Å². The summed E-state index contributed by atoms with van der Waals surface area (Å²) < 4.78 is 0. The van der Waals surface area contributed by atoms with E-state index in [1.807, 2.05) is 24.3 Å². The van der Waals surface area contributed by atoms with Crippen LogP contribution in [0.25, 0.3) is 0 Å². The van der Waals surface area contributed by atoms with E-state index in [0.29, 0.717) is 0 Å². The Morgan fingerprint density at radius 1 is 0.529 bits per heavy atom. The van der Waals surface area contributed by atoms with Crippen LogP contribution in [0.2, 0.25) is 0 Å². The van der Waals surface area contributed by atoms with E-state index in [1.54, 1.807) is 0 Å². The number of hydrogen-bond acceptors (Lipinski definition) is 2. The van der Waals surface area contributed by atoms with Crippen LogP contribution in [0.3, 0.4) is 0 Å². The molecule has 0 saturated heterocycles. The van der Waals surface area contributed by atoms with Gasteiger partial charge in [0, 0.05) is 16.8 Å². The lowest BCUT2D eigenvalue weighted by molar-refractivity contribution is 0.493. The molecule has 0 aliphatic heterocycles. The van der Waals surface area contributed by atoms with Crippen LogP contribution in [-0.4, -0.2) is 0 Å². The molecule has 0 aliphatic rings. The van der Waals surface area contributed by atoms with E-state index in [0.717, 1.165) is 30.6 Å². The van der Waals surface area contributed by atoms with Gasteiger partial charge in [0.15, 0.2) is 0 Å². The van der Waals surface area contributed by atoms with Crippen LogP contribution in [0.1, 0.15) is 66.5 Å². The molecule has 0 fully saturated rings. The topological polar surface area (TPSA) is 52.0 Å². The molecule has 0 radical (unpaired) electrons. The number of benzene rings is 4. The normalized spacial score (nSPS) is 11.5. The average Bonchev–Trinajstić information content (AvgIpc) is 2.86. The fourth-order valence-corrected chi connectivity index (χ4v) is 4.71. The zero-order valence-corrected chi connectivity index (χ0v) is 20.4. The summed E-state index contributed by atoms with van der Waals surface area (Å²) in [6.45, 7) is 4.67. The highest BCUT2D eigenvalue weighted by molar-refractivity contribution is 5.44. The molecule has 0 spiro atoms. The van der Waals surface area contributed by atoms with Gasteiger partial charge in [0.25, 0.3) is 0 Å². The summed E-state index contributed by atoms with van der Waals surface area (Å²) in [5.74, 6) is 0. The molecular weight excluding hydrogens is 412 g/mol. The van der Waals surface area contributed by atoms with Gasteiger partial charge in [0.1, 0.15) is 0 Å². The molecule has 0 aliphatic carbocycles. The molecule has 0 aromatic heterocycles. The Hall–Kier alpha value is -3.52. The van der Waals surface area contributed by atoms with Crippen molar-refractivity contribution >= 4 is 11.4 Å². The third kappa shape index (κ3) is 5.69. The standard InChI is InChI=1S/C32H36N2/c1-3-4-21-32(2,28-13-5-24(6-14-28)22-26-9-17-30(33)18-10-26)29-15-7-25(8-16-29)23-27-11-19-31(34)20-12-27/h5-20H,3-4,21-23,33-34H2,1-2H3. The van der Waals surface area contributed by atoms with Gasteiger partial charge in [0.2, 0.25) is 0 Å². The Morgan fingerprint density at radius 2 is 0.853 bits per heavy atom. The first-order chi connectivity index (χ1) is 16.5. The van der Waals surface area contributed by atoms with Gasteiger partial charge in [-0.2, -0.15) is 0 Å². The van der Waals surface area contributed by atoms with Crippen LogP contribution in [-0.2, 0) is 18.3 Å². The minimum absolute atomic E-state index is 0.00450. The van der Waals surface area contributed by atoms with Crippen molar-refractivity contribution in [3.05, 3.63) is 130 Å². The van der Waals surface area contributed by atoms with E-state index in [2.05, 4.69) is 86.6 Å². The Labute approximate surface area is 204 Å². The third-order valence-electron chi connectivity index (χ3n) is 6.99. The Morgan fingerprint density at radius 3 is 1.18 bits per heavy atom. The number of unbranched alkanes of at least 4 members (excludes halogenated alkanes) is 1. The summed E-state index contributed by atoms with van der Waals surface area (Å²) in [6.07, 6.45) is 5.38. The molecular formula is C32H36N2. The highest BCUT2D eigenvalue weighted by atomic mass is 14.5. The SMILES string of the molecule is CCCCC(C)(c1ccc(Cc2ccc(N)cc2)cc1)c1ccc(Cc2ccc(N)cc2)cc1. The maximum Gasteiger partial charge on any atom is 0.0314 e. The van der Waals surface area contributed by atoms with Crippen LogP contribution >= 0.6 is 0 Å². The third-order valence-corrected chi connectivity index (χ3v) is 6.99. The Kier molecular flexibility index (Phi) is 7.37. The highest BCUT2D eigenvalue weighted by Gasteiger charge is 2.28. The highest BCUT2D eigenvalue weighted by Crippen LogP contribution is 2.37. The quantitative estimate of drug-likeness (QED) is 0.260. The molecule has 4 N–H and O–H groups in total. The molecule has 4 rings (SSSR count). The van der Waals surface area contributed by atoms with E-state index in [9.17, 15) is 0 Å². The predicted octanol–water partition coefficient (Wildman–Crippen LogP) is 7.53. The molecule has 0 heterocycles. The summed E-state index contributed by atoms with van der Waals surface area (Å²) in [7, 11) is 0. The molecule has 2 nitrogen and oxygen atoms in total. The first kappa shape index (κ1) is 23.6. The molecule has 4 aromatic rings. The van der Waals surface area contributed by atoms with Gasteiger partial charge in [-0.3, -0.25) is 0 Å². The molecule has 4 aromatic carbocycles. The lowest BCUT2D eigenvalue weighted by Crippen LogP contribution is -2.23. The molecule has 34 heavy (non-hydrogen) atoms. The van der Waals surface area contributed by atoms with Crippen molar-refractivity contribution in [3.8, 4) is 0 Å². The molecule has 0 amide bonds. The fourth-order valence-electron chi connectivity index (χ4n) is 4.71. The van der Waals surface area contributed by atoms with Crippen LogP contribution in [0, 0.1) is 0 Å². The maximum absolute atomic E-state index is 5.83. The molecule has 0 bridgehead atoms. The summed E-state index contributed by atoms with van der Waals surface area (Å²) >= 11 is 0. The monoisotopic (exact) mass is 448 g/mol. The second-order valence-electron chi connectivity index (χ2n) is 9.67. The molecule has 0 unspecified atom stereocenters. The minimum atomic E-state index is -0.00450. The lowest BCUT2D eigenvalue weighted by Gasteiger charge is -2.31. The van der Waals surface area contributed by atoms with E-state index < -0.39 is 0 Å². The lowest BCUT2D eigenvalue weighted by atomic mass is 9.72. The molecule has 0 atom stereocenters. The number of nitrogen functional groups attached to an aromatic ring is 2. The van der Waals surface area contributed by atoms with E-state index in [-0.39, 0.29) is 5.41 Å². The first-order valence-electron chi connectivity index (χ1n) is 12.3. The second-order valence-corrected chi connectivity index (χ2v) is 9.67. The minimum Gasteiger partial charge on any atom is -0.399 e. The van der Waals surface area contributed by atoms with Gasteiger partial charge in [-0.25, -0.2) is 0 Å². The van der Waals surface area contributed by atoms with Gasteiger partial charge in [0.05, 0.1) is 0 Å². The van der Waals surface area contributed by atoms with Gasteiger partial charge < -0.3 is 11.5 Å². The van der Waals surface area contributed by atoms with Crippen molar-refractivity contribution in [3.63, 3.8) is 0 Å². The fraction of sp³-hybridized carbons (Fsp3) is 0.250. The van der Waals surface area contributed by atoms with Crippen molar-refractivity contribution in [1.82, 2.24) is 0 Å². The van der Waals surface area contributed by atoms with Gasteiger partial charge in [-0.1, -0.05) is 99.5 Å². The first-order valence-corrected chi connectivity index (χ1v) is 12.3. The number of anilines is 2. The van der Waals surface area contributed by atoms with Crippen LogP contribution in [0.4, 0.5) is 11.4 Å². The van der Waals surface area contributed by atoms with Crippen molar-refractivity contribution in [2.24, 2.45) is 0 Å². The largest absolute Gasteiger partial charge is 0.399 e. The van der Waals surface area contributed by atoms with E-state index >= 15 is 0 Å². The van der Waals surface area contributed by atoms with Crippen molar-refractivity contribution in [1.29, 1.82) is 0 Å². The number of hydrogen-bond donors (Lipinski definition) is 2. The number of nitrogens with two attached hydrogens (primary N) is 2. The van der Waals surface area contributed by atoms with E-state index in [1.165, 1.54) is 46.2 Å². The maximum atomic E-state index is 5.83. The van der Waals surface area contributed by atoms with Gasteiger partial charge >= 0.3 is 0 Å². The summed E-state index contributed by atoms with van der Waals surface area (Å²) in [5, 5.41) is 0. The van der Waals surface area contributed by atoms with Crippen molar-refractivity contribution < 1.29 is 0 Å². The molecule has 2 heteroatoms. The molecule has 0 saturated carbocycles. The van der Waals surface area contributed by atoms with Crippen molar-refractivity contribution in [2.75, 3.05) is 11.5 Å². The summed E-state index contributed by atoms with van der Waals surface area (Å²) in [6, 6.07) is 34.8. The zero-order valence-electron chi connectivity index (χ0n) is 20.4. The second kappa shape index (κ2) is 10.6. The van der Waals surface area contributed by atoms with Crippen LogP contribution in [0.5, 0.6) is 0 Å². The van der Waals surface area contributed by atoms with Crippen LogP contribution in [0.15, 0.2) is 97.1 Å². The smallest absolute Gasteiger partial charge is 0.0314 e. The number of rotatable bonds is 9. The van der Waals surface area contributed by atoms with E-state index in [4.69, 9.17) is 11.5 Å². The Balaban J connectivity index is 1.54. The van der Waals surface area contributed by atoms with Crippen LogP contribution < -0.4 is 11.5 Å². The Bertz CT molecular complexity index is 1080. The molecule has 174 valence electrons. The predicted molar refractivity (Wildman–Crippen MR) is 146 cm³/mol. The van der Waals surface area contributed by atoms with Gasteiger partial charge in [-0.15, -0.1) is 0 Å². The summed E-state index contributed by atoms with van der Waals surface area (Å²) in [5.41, 5.74) is 21.3. The van der Waals surface area contributed by atoms with Crippen molar-refractivity contribution in [2.45, 2.75) is 51.4 Å².